The highest BCUT2D eigenvalue weighted by Gasteiger charge is 2.26. The Labute approximate surface area is 188 Å². The van der Waals surface area contributed by atoms with Crippen molar-refractivity contribution in [2.24, 2.45) is 0 Å². The van der Waals surface area contributed by atoms with Gasteiger partial charge in [-0.15, -0.1) is 16.4 Å². The van der Waals surface area contributed by atoms with E-state index in [-0.39, 0.29) is 18.0 Å². The van der Waals surface area contributed by atoms with Crippen LogP contribution in [-0.2, 0) is 19.4 Å². The molecule has 0 bridgehead atoms. The lowest BCUT2D eigenvalue weighted by Gasteiger charge is -2.08. The Morgan fingerprint density at radius 2 is 2.03 bits per heavy atom. The fourth-order valence-corrected chi connectivity index (χ4v) is 5.78. The number of aryl methyl sites for hydroxylation is 2. The highest BCUT2D eigenvalue weighted by molar-refractivity contribution is 9.10. The number of aromatic nitrogens is 4. The van der Waals surface area contributed by atoms with E-state index in [0.717, 1.165) is 34.0 Å². The Morgan fingerprint density at radius 1 is 1.19 bits per heavy atom. The molecule has 7 nitrogen and oxygen atoms in total. The van der Waals surface area contributed by atoms with E-state index in [1.165, 1.54) is 19.5 Å². The first kappa shape index (κ1) is 18.7. The molecule has 0 spiro atoms. The summed E-state index contributed by atoms with van der Waals surface area (Å²) in [4.78, 5) is 33.1. The van der Waals surface area contributed by atoms with Crippen molar-refractivity contribution >= 4 is 48.9 Å². The van der Waals surface area contributed by atoms with Gasteiger partial charge in [-0.3, -0.25) is 9.36 Å². The summed E-state index contributed by atoms with van der Waals surface area (Å²) >= 11 is 4.97. The number of furan rings is 1. The highest BCUT2D eigenvalue weighted by Crippen LogP contribution is 2.38. The van der Waals surface area contributed by atoms with Crippen LogP contribution in [0.1, 0.15) is 27.2 Å². The van der Waals surface area contributed by atoms with Gasteiger partial charge in [-0.2, -0.15) is 4.52 Å². The van der Waals surface area contributed by atoms with Gasteiger partial charge < -0.3 is 4.42 Å². The molecule has 0 N–H and O–H groups in total. The number of hydrogen-bond acceptors (Lipinski definition) is 6. The van der Waals surface area contributed by atoms with E-state index < -0.39 is 0 Å². The van der Waals surface area contributed by atoms with Crippen molar-refractivity contribution < 1.29 is 9.21 Å². The highest BCUT2D eigenvalue weighted by atomic mass is 79.9. The minimum absolute atomic E-state index is 0.0533. The summed E-state index contributed by atoms with van der Waals surface area (Å²) in [5, 5.41) is 5.35. The minimum atomic E-state index is -0.377. The molecular formula is C22H15BrN4O3S. The van der Waals surface area contributed by atoms with Gasteiger partial charge in [0.15, 0.2) is 17.2 Å². The topological polar surface area (TPSA) is 82.4 Å². The lowest BCUT2D eigenvalue weighted by molar-refractivity contribution is 0.0972. The van der Waals surface area contributed by atoms with Crippen molar-refractivity contribution in [3.8, 4) is 11.6 Å². The molecule has 0 atom stereocenters. The first-order valence-corrected chi connectivity index (χ1v) is 11.5. The van der Waals surface area contributed by atoms with Crippen molar-refractivity contribution in [1.29, 1.82) is 0 Å². The second-order valence-corrected chi connectivity index (χ2v) is 9.48. The maximum atomic E-state index is 13.4. The van der Waals surface area contributed by atoms with E-state index in [2.05, 4.69) is 26.0 Å². The quantitative estimate of drug-likeness (QED) is 0.343. The van der Waals surface area contributed by atoms with Gasteiger partial charge in [0.1, 0.15) is 4.83 Å². The van der Waals surface area contributed by atoms with Crippen LogP contribution in [0.15, 0.2) is 56.3 Å². The largest absolute Gasteiger partial charge is 0.461 e. The average molecular weight is 495 g/mol. The summed E-state index contributed by atoms with van der Waals surface area (Å²) in [6, 6.07) is 10.7. The standard InChI is InChI=1S/C22H15BrN4O3S/c23-13-8-6-12(7-9-13)15(28)11-26-21-18(14-3-1-5-17(14)31-21)20-24-19(16-4-2-10-30-16)25-27(20)22(26)29/h2,4,6-10H,1,3,5,11H2. The maximum Gasteiger partial charge on any atom is 0.352 e. The summed E-state index contributed by atoms with van der Waals surface area (Å²) in [7, 11) is 0. The molecule has 0 unspecified atom stereocenters. The van der Waals surface area contributed by atoms with Gasteiger partial charge in [-0.25, -0.2) is 9.78 Å². The first-order valence-electron chi connectivity index (χ1n) is 9.86. The summed E-state index contributed by atoms with van der Waals surface area (Å²) in [5.74, 6) is 0.731. The van der Waals surface area contributed by atoms with Gasteiger partial charge in [0.25, 0.3) is 0 Å². The molecule has 9 heteroatoms. The fraction of sp³-hybridized carbons (Fsp3) is 0.182. The van der Waals surface area contributed by atoms with Crippen LogP contribution in [0.5, 0.6) is 0 Å². The number of nitrogens with zero attached hydrogens (tertiary/aromatic N) is 4. The smallest absolute Gasteiger partial charge is 0.352 e. The molecule has 0 amide bonds. The molecule has 0 fully saturated rings. The number of fused-ring (bicyclic) bond motifs is 5. The number of Topliss-reactive ketones (excluding diaryl/α,β-unsaturated/α-hetero) is 1. The van der Waals surface area contributed by atoms with Crippen molar-refractivity contribution in [3.63, 3.8) is 0 Å². The predicted octanol–water partition coefficient (Wildman–Crippen LogP) is 4.50. The third-order valence-electron chi connectivity index (χ3n) is 5.60. The van der Waals surface area contributed by atoms with Crippen LogP contribution in [-0.4, -0.2) is 24.9 Å². The Balaban J connectivity index is 1.58. The molecule has 4 aromatic heterocycles. The molecule has 0 saturated carbocycles. The van der Waals surface area contributed by atoms with Crippen LogP contribution in [0.3, 0.4) is 0 Å². The van der Waals surface area contributed by atoms with Crippen LogP contribution >= 0.6 is 27.3 Å². The van der Waals surface area contributed by atoms with Crippen molar-refractivity contribution in [1.82, 2.24) is 19.2 Å². The Morgan fingerprint density at radius 3 is 2.81 bits per heavy atom. The van der Waals surface area contributed by atoms with Gasteiger partial charge in [0, 0.05) is 14.9 Å². The van der Waals surface area contributed by atoms with Gasteiger partial charge in [-0.05, 0) is 49.1 Å². The number of ketones is 1. The Kier molecular flexibility index (Phi) is 4.22. The van der Waals surface area contributed by atoms with Crippen LogP contribution in [0.2, 0.25) is 0 Å². The molecule has 0 radical (unpaired) electrons. The zero-order valence-corrected chi connectivity index (χ0v) is 18.6. The van der Waals surface area contributed by atoms with Crippen molar-refractivity contribution in [2.45, 2.75) is 25.8 Å². The second-order valence-electron chi connectivity index (χ2n) is 7.48. The predicted molar refractivity (Wildman–Crippen MR) is 121 cm³/mol. The Bertz CT molecular complexity index is 1530. The second kappa shape index (κ2) is 7.00. The monoisotopic (exact) mass is 494 g/mol. The lowest BCUT2D eigenvalue weighted by Crippen LogP contribution is -2.30. The molecule has 1 aliphatic rings. The van der Waals surface area contributed by atoms with Crippen LogP contribution in [0.4, 0.5) is 0 Å². The third-order valence-corrected chi connectivity index (χ3v) is 7.44. The van der Waals surface area contributed by atoms with Crippen LogP contribution < -0.4 is 5.69 Å². The molecule has 0 aliphatic heterocycles. The lowest BCUT2D eigenvalue weighted by atomic mass is 10.1. The Hall–Kier alpha value is -3.04. The molecule has 31 heavy (non-hydrogen) atoms. The normalized spacial score (nSPS) is 13.3. The summed E-state index contributed by atoms with van der Waals surface area (Å²) in [5.41, 5.74) is 1.92. The van der Waals surface area contributed by atoms with E-state index in [1.807, 2.05) is 12.1 Å². The number of benzene rings is 1. The van der Waals surface area contributed by atoms with E-state index in [1.54, 1.807) is 41.9 Å². The van der Waals surface area contributed by atoms with E-state index in [4.69, 9.17) is 4.42 Å². The number of carbonyl (C=O) groups excluding carboxylic acids is 1. The van der Waals surface area contributed by atoms with E-state index in [0.29, 0.717) is 22.8 Å². The zero-order valence-electron chi connectivity index (χ0n) is 16.2. The van der Waals surface area contributed by atoms with Crippen LogP contribution in [0.25, 0.3) is 27.4 Å². The summed E-state index contributed by atoms with van der Waals surface area (Å²) < 4.78 is 9.17. The number of hydrogen-bond donors (Lipinski definition) is 0. The van der Waals surface area contributed by atoms with Crippen LogP contribution in [0, 0.1) is 0 Å². The van der Waals surface area contributed by atoms with E-state index >= 15 is 0 Å². The molecular weight excluding hydrogens is 480 g/mol. The molecule has 0 saturated heterocycles. The fourth-order valence-electron chi connectivity index (χ4n) is 4.14. The molecule has 154 valence electrons. The average Bonchev–Trinajstić information content (AvgIpc) is 3.54. The van der Waals surface area contributed by atoms with Gasteiger partial charge >= 0.3 is 5.69 Å². The molecule has 5 aromatic rings. The first-order chi connectivity index (χ1) is 15.1. The van der Waals surface area contributed by atoms with Crippen molar-refractivity contribution in [2.75, 3.05) is 0 Å². The number of rotatable bonds is 4. The third kappa shape index (κ3) is 2.91. The number of carbonyl (C=O) groups is 1. The number of halogens is 1. The zero-order chi connectivity index (χ0) is 21.1. The molecule has 6 rings (SSSR count). The molecule has 1 aliphatic carbocycles. The summed E-state index contributed by atoms with van der Waals surface area (Å²) in [6.45, 7) is -0.0533. The van der Waals surface area contributed by atoms with Gasteiger partial charge in [-0.1, -0.05) is 28.1 Å². The van der Waals surface area contributed by atoms with Crippen molar-refractivity contribution in [3.05, 3.63) is 73.6 Å². The maximum absolute atomic E-state index is 13.4. The van der Waals surface area contributed by atoms with Gasteiger partial charge in [0.05, 0.1) is 18.2 Å². The molecule has 1 aromatic carbocycles. The SMILES string of the molecule is O=C(Cn1c(=O)n2nc(-c3ccco3)nc2c2c3c(sc21)CCC3)c1ccc(Br)cc1. The minimum Gasteiger partial charge on any atom is -0.461 e. The molecule has 4 heterocycles. The summed E-state index contributed by atoms with van der Waals surface area (Å²) in [6.07, 6.45) is 4.55. The van der Waals surface area contributed by atoms with Gasteiger partial charge in [0.2, 0.25) is 5.82 Å². The number of thiophene rings is 1. The van der Waals surface area contributed by atoms with E-state index in [9.17, 15) is 9.59 Å².